The van der Waals surface area contributed by atoms with Crippen LogP contribution in [0.25, 0.3) is 0 Å². The summed E-state index contributed by atoms with van der Waals surface area (Å²) in [5.41, 5.74) is 8.26. The Hall–Kier alpha value is -1.90. The molecule has 7 nitrogen and oxygen atoms in total. The van der Waals surface area contributed by atoms with E-state index in [0.29, 0.717) is 16.3 Å². The van der Waals surface area contributed by atoms with Crippen molar-refractivity contribution in [3.8, 4) is 0 Å². The number of primary amides is 1. The number of nitrogens with one attached hydrogen (secondary N) is 1. The van der Waals surface area contributed by atoms with Gasteiger partial charge in [-0.3, -0.25) is 19.2 Å². The summed E-state index contributed by atoms with van der Waals surface area (Å²) in [6.07, 6.45) is 1.87. The lowest BCUT2D eigenvalue weighted by Crippen LogP contribution is -2.31. The Morgan fingerprint density at radius 3 is 2.73 bits per heavy atom. The summed E-state index contributed by atoms with van der Waals surface area (Å²) >= 11 is 1.44. The molecule has 0 radical (unpaired) electrons. The maximum atomic E-state index is 12.5. The molecule has 2 aromatic rings. The van der Waals surface area contributed by atoms with Crippen LogP contribution in [0, 0.1) is 6.92 Å². The Bertz CT molecular complexity index is 810. The monoisotopic (exact) mass is 397 g/mol. The molecule has 0 unspecified atom stereocenters. The van der Waals surface area contributed by atoms with Gasteiger partial charge in [0, 0.05) is 30.7 Å². The molecule has 0 bridgehead atoms. The van der Waals surface area contributed by atoms with Gasteiger partial charge in [0.2, 0.25) is 0 Å². The van der Waals surface area contributed by atoms with E-state index in [1.807, 2.05) is 6.92 Å². The number of aryl methyl sites for hydroxylation is 2. The normalized spacial score (nSPS) is 13.8. The number of carbonyl (C=O) groups excluding carboxylic acids is 2. The van der Waals surface area contributed by atoms with Crippen LogP contribution in [-0.4, -0.2) is 39.6 Å². The molecule has 3 heterocycles. The fraction of sp³-hybridized carbons (Fsp3) is 0.471. The maximum absolute atomic E-state index is 12.5. The number of aromatic nitrogens is 2. The second-order valence-corrected chi connectivity index (χ2v) is 7.45. The second kappa shape index (κ2) is 8.20. The van der Waals surface area contributed by atoms with E-state index >= 15 is 0 Å². The molecular formula is C17H24ClN5O2S. The van der Waals surface area contributed by atoms with Crippen LogP contribution in [0.15, 0.2) is 6.07 Å². The van der Waals surface area contributed by atoms with Gasteiger partial charge in [-0.1, -0.05) is 6.92 Å². The summed E-state index contributed by atoms with van der Waals surface area (Å²) in [5, 5.41) is 7.55. The minimum absolute atomic E-state index is 0. The van der Waals surface area contributed by atoms with Crippen molar-refractivity contribution < 1.29 is 9.59 Å². The van der Waals surface area contributed by atoms with Gasteiger partial charge in [-0.2, -0.15) is 5.10 Å². The van der Waals surface area contributed by atoms with Crippen molar-refractivity contribution in [2.45, 2.75) is 33.2 Å². The highest BCUT2D eigenvalue weighted by molar-refractivity contribution is 7.17. The SMILES string of the molecule is CCCN1CCc2c(sc(NC(=O)c3cc(C)n(C)n3)c2C(N)=O)C1.Cl. The van der Waals surface area contributed by atoms with Crippen molar-refractivity contribution in [1.82, 2.24) is 14.7 Å². The zero-order valence-electron chi connectivity index (χ0n) is 15.2. The minimum Gasteiger partial charge on any atom is -0.365 e. The Kier molecular flexibility index (Phi) is 6.44. The predicted octanol–water partition coefficient (Wildman–Crippen LogP) is 2.33. The van der Waals surface area contributed by atoms with Gasteiger partial charge in [0.15, 0.2) is 5.69 Å². The number of fused-ring (bicyclic) bond motifs is 1. The van der Waals surface area contributed by atoms with Crippen LogP contribution in [-0.2, 0) is 20.0 Å². The first-order chi connectivity index (χ1) is 11.9. The standard InChI is InChI=1S/C17H23N5O2S.ClH/c1-4-6-22-7-5-11-13(9-22)25-17(14(11)15(18)23)19-16(24)12-8-10(2)21(3)20-12;/h8H,4-7,9H2,1-3H3,(H2,18,23)(H,19,24);1H. The molecule has 1 aliphatic heterocycles. The number of hydrogen-bond acceptors (Lipinski definition) is 5. The van der Waals surface area contributed by atoms with Crippen LogP contribution < -0.4 is 11.1 Å². The van der Waals surface area contributed by atoms with E-state index in [2.05, 4.69) is 22.2 Å². The van der Waals surface area contributed by atoms with Crippen molar-refractivity contribution >= 4 is 40.6 Å². The number of anilines is 1. The number of nitrogens with zero attached hydrogens (tertiary/aromatic N) is 3. The molecule has 0 atom stereocenters. The van der Waals surface area contributed by atoms with Crippen molar-refractivity contribution in [2.75, 3.05) is 18.4 Å². The molecule has 0 saturated heterocycles. The third-order valence-corrected chi connectivity index (χ3v) is 5.63. The first kappa shape index (κ1) is 20.4. The average Bonchev–Trinajstić information content (AvgIpc) is 3.07. The van der Waals surface area contributed by atoms with Crippen molar-refractivity contribution in [2.24, 2.45) is 12.8 Å². The fourth-order valence-electron chi connectivity index (χ4n) is 3.15. The molecular weight excluding hydrogens is 374 g/mol. The Morgan fingerprint density at radius 1 is 1.42 bits per heavy atom. The maximum Gasteiger partial charge on any atom is 0.276 e. The summed E-state index contributed by atoms with van der Waals surface area (Å²) < 4.78 is 1.64. The molecule has 1 aliphatic rings. The third-order valence-electron chi connectivity index (χ3n) is 4.50. The molecule has 0 spiro atoms. The molecule has 0 aliphatic carbocycles. The van der Waals surface area contributed by atoms with Crippen molar-refractivity contribution in [1.29, 1.82) is 0 Å². The molecule has 9 heteroatoms. The number of nitrogens with two attached hydrogens (primary N) is 1. The summed E-state index contributed by atoms with van der Waals surface area (Å²) in [4.78, 5) is 27.9. The van der Waals surface area contributed by atoms with Crippen molar-refractivity contribution in [3.05, 3.63) is 33.5 Å². The van der Waals surface area contributed by atoms with Crippen LogP contribution >= 0.6 is 23.7 Å². The molecule has 142 valence electrons. The highest BCUT2D eigenvalue weighted by Crippen LogP contribution is 2.37. The smallest absolute Gasteiger partial charge is 0.276 e. The summed E-state index contributed by atoms with van der Waals surface area (Å²) in [6, 6.07) is 1.72. The van der Waals surface area contributed by atoms with Crippen LogP contribution in [0.2, 0.25) is 0 Å². The van der Waals surface area contributed by atoms with Gasteiger partial charge in [-0.15, -0.1) is 23.7 Å². The largest absolute Gasteiger partial charge is 0.365 e. The molecule has 2 amide bonds. The number of halogens is 1. The molecule has 0 aromatic carbocycles. The van der Waals surface area contributed by atoms with Gasteiger partial charge >= 0.3 is 0 Å². The van der Waals surface area contributed by atoms with Crippen LogP contribution in [0.3, 0.4) is 0 Å². The van der Waals surface area contributed by atoms with Gasteiger partial charge in [0.1, 0.15) is 5.00 Å². The zero-order valence-corrected chi connectivity index (χ0v) is 16.8. The van der Waals surface area contributed by atoms with E-state index in [9.17, 15) is 9.59 Å². The third kappa shape index (κ3) is 3.92. The molecule has 26 heavy (non-hydrogen) atoms. The Balaban J connectivity index is 0.00000243. The highest BCUT2D eigenvalue weighted by Gasteiger charge is 2.28. The molecule has 2 aromatic heterocycles. The first-order valence-corrected chi connectivity index (χ1v) is 9.21. The van der Waals surface area contributed by atoms with E-state index in [1.165, 1.54) is 11.3 Å². The molecule has 0 saturated carbocycles. The van der Waals surface area contributed by atoms with Gasteiger partial charge < -0.3 is 11.1 Å². The Morgan fingerprint density at radius 2 is 2.15 bits per heavy atom. The van der Waals surface area contributed by atoms with Gasteiger partial charge in [0.05, 0.1) is 5.56 Å². The molecule has 3 rings (SSSR count). The van der Waals surface area contributed by atoms with Crippen LogP contribution in [0.1, 0.15) is 50.3 Å². The first-order valence-electron chi connectivity index (χ1n) is 8.39. The van der Waals surface area contributed by atoms with E-state index in [1.54, 1.807) is 17.8 Å². The number of thiophene rings is 1. The second-order valence-electron chi connectivity index (χ2n) is 6.35. The molecule has 0 fully saturated rings. The van der Waals surface area contributed by atoms with Gasteiger partial charge in [0.25, 0.3) is 11.8 Å². The fourth-order valence-corrected chi connectivity index (χ4v) is 4.44. The van der Waals surface area contributed by atoms with Crippen LogP contribution in [0.5, 0.6) is 0 Å². The van der Waals surface area contributed by atoms with Gasteiger partial charge in [-0.25, -0.2) is 0 Å². The number of carbonyl (C=O) groups is 2. The highest BCUT2D eigenvalue weighted by atomic mass is 35.5. The van der Waals surface area contributed by atoms with E-state index in [0.717, 1.165) is 48.6 Å². The van der Waals surface area contributed by atoms with E-state index in [4.69, 9.17) is 5.73 Å². The summed E-state index contributed by atoms with van der Waals surface area (Å²) in [7, 11) is 1.78. The average molecular weight is 398 g/mol. The lowest BCUT2D eigenvalue weighted by Gasteiger charge is -2.26. The number of amides is 2. The summed E-state index contributed by atoms with van der Waals surface area (Å²) in [5.74, 6) is -0.816. The predicted molar refractivity (Wildman–Crippen MR) is 105 cm³/mol. The minimum atomic E-state index is -0.492. The van der Waals surface area contributed by atoms with E-state index in [-0.39, 0.29) is 18.3 Å². The zero-order chi connectivity index (χ0) is 18.1. The quantitative estimate of drug-likeness (QED) is 0.809. The number of rotatable bonds is 5. The van der Waals surface area contributed by atoms with Crippen molar-refractivity contribution in [3.63, 3.8) is 0 Å². The number of hydrogen-bond donors (Lipinski definition) is 2. The van der Waals surface area contributed by atoms with Crippen LogP contribution in [0.4, 0.5) is 5.00 Å². The topological polar surface area (TPSA) is 93.2 Å². The lowest BCUT2D eigenvalue weighted by molar-refractivity contribution is 0.1000. The Labute approximate surface area is 163 Å². The lowest BCUT2D eigenvalue weighted by atomic mass is 10.0. The van der Waals surface area contributed by atoms with Gasteiger partial charge in [-0.05, 0) is 37.9 Å². The molecule has 3 N–H and O–H groups in total. The van der Waals surface area contributed by atoms with E-state index < -0.39 is 5.91 Å². The summed E-state index contributed by atoms with van der Waals surface area (Å²) in [6.45, 7) is 6.76.